The Hall–Kier alpha value is -3.66. The van der Waals surface area contributed by atoms with E-state index in [1.165, 1.54) is 30.3 Å². The molecule has 3 aromatic rings. The van der Waals surface area contributed by atoms with Crippen LogP contribution >= 0.6 is 0 Å². The first kappa shape index (κ1) is 21.6. The van der Waals surface area contributed by atoms with E-state index in [9.17, 15) is 22.0 Å². The normalized spacial score (nSPS) is 12.8. The van der Waals surface area contributed by atoms with Crippen LogP contribution in [0.4, 0.5) is 20.2 Å². The zero-order valence-corrected chi connectivity index (χ0v) is 17.4. The number of amides is 1. The van der Waals surface area contributed by atoms with Crippen molar-refractivity contribution in [1.82, 2.24) is 0 Å². The molecule has 166 valence electrons. The van der Waals surface area contributed by atoms with Crippen LogP contribution in [-0.4, -0.2) is 34.1 Å². The molecule has 0 aromatic heterocycles. The number of nitrogens with zero attached hydrogens (tertiary/aromatic N) is 1. The van der Waals surface area contributed by atoms with E-state index >= 15 is 0 Å². The van der Waals surface area contributed by atoms with E-state index in [1.54, 1.807) is 18.2 Å². The van der Waals surface area contributed by atoms with Crippen molar-refractivity contribution in [3.05, 3.63) is 78.4 Å². The summed E-state index contributed by atoms with van der Waals surface area (Å²) in [5, 5.41) is 2.11. The zero-order chi connectivity index (χ0) is 22.7. The predicted molar refractivity (Wildman–Crippen MR) is 113 cm³/mol. The van der Waals surface area contributed by atoms with Crippen LogP contribution in [-0.2, 0) is 14.8 Å². The van der Waals surface area contributed by atoms with Crippen LogP contribution in [0.25, 0.3) is 0 Å². The van der Waals surface area contributed by atoms with Gasteiger partial charge in [0.15, 0.2) is 11.5 Å². The van der Waals surface area contributed by atoms with Crippen molar-refractivity contribution in [2.24, 2.45) is 0 Å². The highest BCUT2D eigenvalue weighted by atomic mass is 32.2. The van der Waals surface area contributed by atoms with Gasteiger partial charge in [0.05, 0.1) is 10.6 Å². The van der Waals surface area contributed by atoms with Crippen molar-refractivity contribution in [2.45, 2.75) is 4.90 Å². The third kappa shape index (κ3) is 4.35. The lowest BCUT2D eigenvalue weighted by molar-refractivity contribution is -0.114. The Morgan fingerprint density at radius 2 is 1.56 bits per heavy atom. The molecule has 7 nitrogen and oxygen atoms in total. The molecule has 0 radical (unpaired) electrons. The summed E-state index contributed by atoms with van der Waals surface area (Å²) in [7, 11) is -4.20. The maximum atomic E-state index is 13.9. The molecule has 0 saturated carbocycles. The van der Waals surface area contributed by atoms with Gasteiger partial charge in [-0.2, -0.15) is 0 Å². The van der Waals surface area contributed by atoms with Gasteiger partial charge in [0.2, 0.25) is 5.91 Å². The minimum absolute atomic E-state index is 0.0558. The highest BCUT2D eigenvalue weighted by Gasteiger charge is 2.29. The van der Waals surface area contributed by atoms with Gasteiger partial charge in [-0.1, -0.05) is 24.3 Å². The van der Waals surface area contributed by atoms with Crippen LogP contribution in [0.2, 0.25) is 0 Å². The molecule has 0 aliphatic carbocycles. The van der Waals surface area contributed by atoms with Gasteiger partial charge in [-0.25, -0.2) is 17.2 Å². The molecule has 0 spiro atoms. The Labute approximate surface area is 183 Å². The minimum Gasteiger partial charge on any atom is -0.486 e. The van der Waals surface area contributed by atoms with Crippen molar-refractivity contribution >= 4 is 27.3 Å². The van der Waals surface area contributed by atoms with Crippen LogP contribution in [0.1, 0.15) is 0 Å². The molecule has 3 aromatic carbocycles. The smallest absolute Gasteiger partial charge is 0.264 e. The molecule has 10 heteroatoms. The fourth-order valence-corrected chi connectivity index (χ4v) is 4.58. The van der Waals surface area contributed by atoms with Gasteiger partial charge < -0.3 is 14.8 Å². The van der Waals surface area contributed by atoms with Gasteiger partial charge in [-0.15, -0.1) is 0 Å². The highest BCUT2D eigenvalue weighted by molar-refractivity contribution is 7.92. The van der Waals surface area contributed by atoms with Crippen molar-refractivity contribution in [3.63, 3.8) is 0 Å². The average molecular weight is 460 g/mol. The van der Waals surface area contributed by atoms with Crippen LogP contribution in [0.3, 0.4) is 0 Å². The molecule has 0 fully saturated rings. The van der Waals surface area contributed by atoms with Crippen LogP contribution < -0.4 is 19.1 Å². The van der Waals surface area contributed by atoms with Crippen molar-refractivity contribution < 1.29 is 31.5 Å². The number of para-hydroxylation sites is 1. The summed E-state index contributed by atoms with van der Waals surface area (Å²) in [6.45, 7) is -0.0887. The number of anilines is 2. The summed E-state index contributed by atoms with van der Waals surface area (Å²) in [6.07, 6.45) is 0. The molecule has 32 heavy (non-hydrogen) atoms. The van der Waals surface area contributed by atoms with E-state index in [1.807, 2.05) is 0 Å². The lowest BCUT2D eigenvalue weighted by Crippen LogP contribution is -2.38. The fraction of sp³-hybridized carbons (Fsp3) is 0.136. The summed E-state index contributed by atoms with van der Waals surface area (Å²) in [6, 6.07) is 15.1. The lowest BCUT2D eigenvalue weighted by atomic mass is 10.2. The maximum Gasteiger partial charge on any atom is 0.264 e. The molecule has 0 unspecified atom stereocenters. The molecule has 1 N–H and O–H groups in total. The summed E-state index contributed by atoms with van der Waals surface area (Å²) in [5.41, 5.74) is -0.529. The van der Waals surface area contributed by atoms with E-state index in [4.69, 9.17) is 9.47 Å². The van der Waals surface area contributed by atoms with Crippen LogP contribution in [0.15, 0.2) is 71.6 Å². The van der Waals surface area contributed by atoms with Crippen LogP contribution in [0.5, 0.6) is 11.5 Å². The Bertz CT molecular complexity index is 1230. The minimum atomic E-state index is -4.20. The highest BCUT2D eigenvalue weighted by Crippen LogP contribution is 2.35. The second-order valence-corrected chi connectivity index (χ2v) is 8.66. The molecule has 1 amide bonds. The van der Waals surface area contributed by atoms with Crippen molar-refractivity contribution in [1.29, 1.82) is 0 Å². The first-order valence-corrected chi connectivity index (χ1v) is 11.0. The number of fused-ring (bicyclic) bond motifs is 1. The fourth-order valence-electron chi connectivity index (χ4n) is 3.15. The molecule has 0 saturated heterocycles. The second-order valence-electron chi connectivity index (χ2n) is 6.80. The van der Waals surface area contributed by atoms with E-state index in [-0.39, 0.29) is 17.2 Å². The number of hydrogen-bond donors (Lipinski definition) is 1. The molecule has 1 heterocycles. The van der Waals surface area contributed by atoms with Gasteiger partial charge in [-0.05, 0) is 36.4 Å². The Kier molecular flexibility index (Phi) is 5.95. The largest absolute Gasteiger partial charge is 0.486 e. The SMILES string of the molecule is O=C(CN(c1ccc2c(c1)OCCO2)S(=O)(=O)c1ccccc1)Nc1c(F)cccc1F. The second kappa shape index (κ2) is 8.83. The molecular weight excluding hydrogens is 442 g/mol. The number of hydrogen-bond acceptors (Lipinski definition) is 5. The summed E-state index contributed by atoms with van der Waals surface area (Å²) < 4.78 is 66.4. The van der Waals surface area contributed by atoms with E-state index in [2.05, 4.69) is 5.32 Å². The number of carbonyl (C=O) groups excluding carboxylic acids is 1. The summed E-state index contributed by atoms with van der Waals surface area (Å²) >= 11 is 0. The molecule has 0 atom stereocenters. The van der Waals surface area contributed by atoms with E-state index in [0.29, 0.717) is 18.1 Å². The average Bonchev–Trinajstić information content (AvgIpc) is 2.80. The molecule has 4 rings (SSSR count). The van der Waals surface area contributed by atoms with E-state index < -0.39 is 39.8 Å². The maximum absolute atomic E-state index is 13.9. The number of rotatable bonds is 6. The Morgan fingerprint density at radius 1 is 0.906 bits per heavy atom. The third-order valence-corrected chi connectivity index (χ3v) is 6.45. The first-order chi connectivity index (χ1) is 15.4. The quantitative estimate of drug-likeness (QED) is 0.608. The molecular formula is C22H18F2N2O5S. The van der Waals surface area contributed by atoms with Crippen LogP contribution in [0, 0.1) is 11.6 Å². The van der Waals surface area contributed by atoms with E-state index in [0.717, 1.165) is 22.5 Å². The van der Waals surface area contributed by atoms with Gasteiger partial charge in [0, 0.05) is 6.07 Å². The Morgan fingerprint density at radius 3 is 2.25 bits per heavy atom. The number of halogens is 2. The van der Waals surface area contributed by atoms with Gasteiger partial charge in [-0.3, -0.25) is 9.10 Å². The van der Waals surface area contributed by atoms with Crippen molar-refractivity contribution in [2.75, 3.05) is 29.4 Å². The number of nitrogens with one attached hydrogen (secondary N) is 1. The number of sulfonamides is 1. The van der Waals surface area contributed by atoms with Crippen molar-refractivity contribution in [3.8, 4) is 11.5 Å². The topological polar surface area (TPSA) is 84.9 Å². The monoisotopic (exact) mass is 460 g/mol. The number of ether oxygens (including phenoxy) is 2. The van der Waals surface area contributed by atoms with Gasteiger partial charge in [0.25, 0.3) is 10.0 Å². The number of carbonyl (C=O) groups is 1. The standard InChI is InChI=1S/C22H18F2N2O5S/c23-17-7-4-8-18(24)22(17)25-21(27)14-26(32(28,29)16-5-2-1-3-6-16)15-9-10-19-20(13-15)31-12-11-30-19/h1-10,13H,11-12,14H2,(H,25,27). The summed E-state index contributed by atoms with van der Waals surface area (Å²) in [4.78, 5) is 12.6. The number of benzene rings is 3. The third-order valence-electron chi connectivity index (χ3n) is 4.66. The molecule has 0 bridgehead atoms. The first-order valence-electron chi connectivity index (χ1n) is 9.57. The predicted octanol–water partition coefficient (Wildman–Crippen LogP) is 3.57. The lowest BCUT2D eigenvalue weighted by Gasteiger charge is -2.26. The van der Waals surface area contributed by atoms with Gasteiger partial charge in [0.1, 0.15) is 37.1 Å². The molecule has 1 aliphatic rings. The van der Waals surface area contributed by atoms with Gasteiger partial charge >= 0.3 is 0 Å². The Balaban J connectivity index is 1.70. The zero-order valence-electron chi connectivity index (χ0n) is 16.6. The molecule has 1 aliphatic heterocycles. The summed E-state index contributed by atoms with van der Waals surface area (Å²) in [5.74, 6) is -2.12.